The third-order valence-corrected chi connectivity index (χ3v) is 1.83. The van der Waals surface area contributed by atoms with Crippen molar-refractivity contribution in [2.45, 2.75) is 13.8 Å². The summed E-state index contributed by atoms with van der Waals surface area (Å²) >= 11 is 0. The molecule has 3 heteroatoms. The van der Waals surface area contributed by atoms with Crippen molar-refractivity contribution in [1.29, 1.82) is 0 Å². The van der Waals surface area contributed by atoms with Crippen LogP contribution in [0.15, 0.2) is 11.3 Å². The molecule has 0 aromatic carbocycles. The van der Waals surface area contributed by atoms with Crippen LogP contribution >= 0.6 is 0 Å². The second-order valence-corrected chi connectivity index (χ2v) is 3.18. The first-order valence-electron chi connectivity index (χ1n) is 2.24. The van der Waals surface area contributed by atoms with E-state index >= 15 is 0 Å². The van der Waals surface area contributed by atoms with Gasteiger partial charge in [-0.3, -0.25) is 0 Å². The van der Waals surface area contributed by atoms with E-state index in [1.54, 1.807) is 0 Å². The van der Waals surface area contributed by atoms with Crippen LogP contribution in [0.1, 0.15) is 13.8 Å². The minimum absolute atomic E-state index is 0.515. The van der Waals surface area contributed by atoms with Gasteiger partial charge in [0.1, 0.15) is 0 Å². The van der Waals surface area contributed by atoms with Gasteiger partial charge in [-0.25, -0.2) is 5.90 Å². The molecule has 0 heterocycles. The number of rotatable bonds is 2. The second-order valence-electron chi connectivity index (χ2n) is 1.45. The lowest BCUT2D eigenvalue weighted by molar-refractivity contribution is 0.359. The standard InChI is InChI=1S/C4H11NOSi/c1-3-4(2)7-6-5/h3H,5,7H2,1-2H3. The van der Waals surface area contributed by atoms with Gasteiger partial charge in [-0.2, -0.15) is 0 Å². The number of hydrogen-bond acceptors (Lipinski definition) is 2. The van der Waals surface area contributed by atoms with Gasteiger partial charge in [0, 0.05) is 0 Å². The first kappa shape index (κ1) is 6.88. The lowest BCUT2D eigenvalue weighted by atomic mass is 10.6. The second kappa shape index (κ2) is 4.05. The van der Waals surface area contributed by atoms with Gasteiger partial charge >= 0.3 is 0 Å². The molecule has 42 valence electrons. The Bertz CT molecular complexity index is 72.1. The van der Waals surface area contributed by atoms with Gasteiger partial charge in [-0.15, -0.1) is 0 Å². The molecule has 2 N–H and O–H groups in total. The molecule has 2 nitrogen and oxygen atoms in total. The summed E-state index contributed by atoms with van der Waals surface area (Å²) in [6, 6.07) is 0. The molecule has 0 saturated heterocycles. The Morgan fingerprint density at radius 1 is 1.86 bits per heavy atom. The molecule has 0 radical (unpaired) electrons. The monoisotopic (exact) mass is 117 g/mol. The highest BCUT2D eigenvalue weighted by Gasteiger charge is 1.82. The van der Waals surface area contributed by atoms with Crippen LogP contribution in [0, 0.1) is 0 Å². The molecule has 0 spiro atoms. The third-order valence-electron chi connectivity index (χ3n) is 0.804. The maximum Gasteiger partial charge on any atom is 0.216 e. The zero-order valence-electron chi connectivity index (χ0n) is 4.77. The highest BCUT2D eigenvalue weighted by molar-refractivity contribution is 6.37. The molecule has 0 aliphatic heterocycles. The fraction of sp³-hybridized carbons (Fsp3) is 0.500. The predicted molar refractivity (Wildman–Crippen MR) is 33.2 cm³/mol. The summed E-state index contributed by atoms with van der Waals surface area (Å²) in [7, 11) is -0.515. The molecule has 0 aliphatic carbocycles. The predicted octanol–water partition coefficient (Wildman–Crippen LogP) is -0.116. The van der Waals surface area contributed by atoms with E-state index in [9.17, 15) is 0 Å². The molecule has 0 aromatic heterocycles. The summed E-state index contributed by atoms with van der Waals surface area (Å²) in [5.41, 5.74) is 0. The van der Waals surface area contributed by atoms with Crippen LogP contribution in [0.2, 0.25) is 0 Å². The van der Waals surface area contributed by atoms with Crippen LogP contribution in [0.3, 0.4) is 0 Å². The molecule has 0 atom stereocenters. The summed E-state index contributed by atoms with van der Waals surface area (Å²) in [6.07, 6.45) is 2.03. The molecule has 0 bridgehead atoms. The Morgan fingerprint density at radius 2 is 2.43 bits per heavy atom. The zero-order chi connectivity index (χ0) is 5.70. The van der Waals surface area contributed by atoms with Gasteiger partial charge in [0.05, 0.1) is 0 Å². The van der Waals surface area contributed by atoms with Crippen LogP contribution < -0.4 is 5.90 Å². The number of nitrogens with two attached hydrogens (primary N) is 1. The van der Waals surface area contributed by atoms with Crippen LogP contribution in [-0.2, 0) is 4.53 Å². The van der Waals surface area contributed by atoms with E-state index in [-0.39, 0.29) is 0 Å². The van der Waals surface area contributed by atoms with Crippen molar-refractivity contribution >= 4 is 9.76 Å². The van der Waals surface area contributed by atoms with Crippen LogP contribution in [0.4, 0.5) is 0 Å². The first-order valence-corrected chi connectivity index (χ1v) is 3.53. The quantitative estimate of drug-likeness (QED) is 0.404. The Morgan fingerprint density at radius 3 is 2.57 bits per heavy atom. The van der Waals surface area contributed by atoms with Gasteiger partial charge in [-0.1, -0.05) is 11.3 Å². The average molecular weight is 117 g/mol. The SMILES string of the molecule is CC=C(C)[SiH2]ON. The topological polar surface area (TPSA) is 35.2 Å². The molecule has 0 unspecified atom stereocenters. The fourth-order valence-corrected chi connectivity index (χ4v) is 0.644. The Balaban J connectivity index is 3.17. The van der Waals surface area contributed by atoms with E-state index in [1.165, 1.54) is 5.20 Å². The maximum atomic E-state index is 4.83. The smallest absolute Gasteiger partial charge is 0.216 e. The van der Waals surface area contributed by atoms with Gasteiger partial charge in [0.25, 0.3) is 0 Å². The molecular formula is C4H11NOSi. The van der Waals surface area contributed by atoms with Gasteiger partial charge in [0.15, 0.2) is 0 Å². The number of hydrogen-bond donors (Lipinski definition) is 1. The molecule has 0 saturated carbocycles. The van der Waals surface area contributed by atoms with Crippen LogP contribution in [0.25, 0.3) is 0 Å². The minimum atomic E-state index is -0.515. The highest BCUT2D eigenvalue weighted by atomic mass is 28.2. The van der Waals surface area contributed by atoms with E-state index in [0.717, 1.165) is 0 Å². The van der Waals surface area contributed by atoms with Crippen molar-refractivity contribution in [1.82, 2.24) is 0 Å². The lowest BCUT2D eigenvalue weighted by Gasteiger charge is -1.91. The van der Waals surface area contributed by atoms with Crippen molar-refractivity contribution in [2.24, 2.45) is 5.90 Å². The van der Waals surface area contributed by atoms with E-state index in [0.29, 0.717) is 0 Å². The largest absolute Gasteiger partial charge is 0.351 e. The average Bonchev–Trinajstić information content (AvgIpc) is 1.68. The normalized spacial score (nSPS) is 13.9. The van der Waals surface area contributed by atoms with Crippen molar-refractivity contribution in [3.05, 3.63) is 11.3 Å². The Hall–Kier alpha value is -0.123. The van der Waals surface area contributed by atoms with Crippen LogP contribution in [-0.4, -0.2) is 9.76 Å². The Labute approximate surface area is 46.2 Å². The summed E-state index contributed by atoms with van der Waals surface area (Å²) in [6.45, 7) is 4.01. The molecule has 0 aromatic rings. The van der Waals surface area contributed by atoms with Crippen molar-refractivity contribution in [2.75, 3.05) is 0 Å². The maximum absolute atomic E-state index is 4.83. The van der Waals surface area contributed by atoms with Gasteiger partial charge in [-0.05, 0) is 13.8 Å². The molecule has 0 aliphatic rings. The first-order chi connectivity index (χ1) is 3.31. The molecule has 7 heavy (non-hydrogen) atoms. The molecular weight excluding hydrogens is 106 g/mol. The molecule has 0 fully saturated rings. The van der Waals surface area contributed by atoms with E-state index < -0.39 is 9.76 Å². The van der Waals surface area contributed by atoms with E-state index in [2.05, 4.69) is 4.53 Å². The number of allylic oxidation sites excluding steroid dienone is 2. The Kier molecular flexibility index (Phi) is 3.98. The molecule has 0 rings (SSSR count). The minimum Gasteiger partial charge on any atom is -0.351 e. The summed E-state index contributed by atoms with van der Waals surface area (Å²) < 4.78 is 4.47. The van der Waals surface area contributed by atoms with Gasteiger partial charge < -0.3 is 4.53 Å². The fourth-order valence-electron chi connectivity index (χ4n) is 0.215. The molecule has 0 amide bonds. The van der Waals surface area contributed by atoms with Crippen molar-refractivity contribution < 1.29 is 4.53 Å². The summed E-state index contributed by atoms with van der Waals surface area (Å²) in [5.74, 6) is 4.83. The van der Waals surface area contributed by atoms with Crippen LogP contribution in [0.5, 0.6) is 0 Å². The van der Waals surface area contributed by atoms with Gasteiger partial charge in [0.2, 0.25) is 9.76 Å². The summed E-state index contributed by atoms with van der Waals surface area (Å²) in [5, 5.41) is 1.29. The third kappa shape index (κ3) is 3.71. The lowest BCUT2D eigenvalue weighted by Crippen LogP contribution is -2.05. The zero-order valence-corrected chi connectivity index (χ0v) is 6.18. The van der Waals surface area contributed by atoms with Crippen molar-refractivity contribution in [3.8, 4) is 0 Å². The van der Waals surface area contributed by atoms with E-state index in [1.807, 2.05) is 19.9 Å². The summed E-state index contributed by atoms with van der Waals surface area (Å²) in [4.78, 5) is 0. The van der Waals surface area contributed by atoms with Crippen molar-refractivity contribution in [3.63, 3.8) is 0 Å². The highest BCUT2D eigenvalue weighted by Crippen LogP contribution is 1.84. The van der Waals surface area contributed by atoms with E-state index in [4.69, 9.17) is 5.90 Å².